The van der Waals surface area contributed by atoms with Crippen LogP contribution in [0, 0.1) is 5.92 Å². The number of esters is 2. The molecule has 0 amide bonds. The van der Waals surface area contributed by atoms with Gasteiger partial charge in [0, 0.05) is 12.8 Å². The van der Waals surface area contributed by atoms with Crippen LogP contribution in [0.1, 0.15) is 162 Å². The minimum atomic E-state index is -0.794. The van der Waals surface area contributed by atoms with Gasteiger partial charge in [-0.1, -0.05) is 134 Å². The predicted octanol–water partition coefficient (Wildman–Crippen LogP) is 10.1. The SMILES string of the molecule is CCCCC/C=C\CC1OC1C/C=C\C/C=C\CCCC(=O)OC[C@H](CO)OC(=O)CCCCCCCCCCCCC(C)C. The first-order valence-corrected chi connectivity index (χ1v) is 18.5. The molecule has 45 heavy (non-hydrogen) atoms. The quantitative estimate of drug-likeness (QED) is 0.0354. The molecule has 0 aromatic heterocycles. The van der Waals surface area contributed by atoms with Crippen molar-refractivity contribution in [3.63, 3.8) is 0 Å². The van der Waals surface area contributed by atoms with E-state index in [1.54, 1.807) is 0 Å². The van der Waals surface area contributed by atoms with Crippen molar-refractivity contribution in [2.75, 3.05) is 13.2 Å². The molecule has 1 heterocycles. The van der Waals surface area contributed by atoms with Crippen molar-refractivity contribution in [2.24, 2.45) is 5.92 Å². The van der Waals surface area contributed by atoms with Gasteiger partial charge < -0.3 is 19.3 Å². The van der Waals surface area contributed by atoms with Gasteiger partial charge in [-0.05, 0) is 57.3 Å². The molecule has 6 nitrogen and oxygen atoms in total. The number of epoxide rings is 1. The fourth-order valence-corrected chi connectivity index (χ4v) is 5.30. The number of carbonyl (C=O) groups excluding carboxylic acids is 2. The molecule has 1 fully saturated rings. The molecule has 1 N–H and O–H groups in total. The summed E-state index contributed by atoms with van der Waals surface area (Å²) in [5.41, 5.74) is 0. The molecule has 0 aromatic rings. The first-order chi connectivity index (χ1) is 22.0. The maximum absolute atomic E-state index is 12.1. The summed E-state index contributed by atoms with van der Waals surface area (Å²) in [6, 6.07) is 0. The van der Waals surface area contributed by atoms with E-state index >= 15 is 0 Å². The Hall–Kier alpha value is -1.92. The summed E-state index contributed by atoms with van der Waals surface area (Å²) < 4.78 is 16.3. The molecular formula is C39H68O6. The van der Waals surface area contributed by atoms with Crippen molar-refractivity contribution in [1.29, 1.82) is 0 Å². The zero-order valence-electron chi connectivity index (χ0n) is 29.2. The van der Waals surface area contributed by atoms with E-state index in [0.717, 1.165) is 50.9 Å². The number of ether oxygens (including phenoxy) is 3. The Morgan fingerprint density at radius 2 is 1.24 bits per heavy atom. The van der Waals surface area contributed by atoms with Gasteiger partial charge in [0.1, 0.15) is 6.61 Å². The Bertz CT molecular complexity index is 801. The Morgan fingerprint density at radius 1 is 0.689 bits per heavy atom. The second-order valence-electron chi connectivity index (χ2n) is 13.2. The summed E-state index contributed by atoms with van der Waals surface area (Å²) in [4.78, 5) is 24.2. The van der Waals surface area contributed by atoms with E-state index in [0.29, 0.717) is 31.5 Å². The first kappa shape index (κ1) is 41.1. The number of hydrogen-bond donors (Lipinski definition) is 1. The molecule has 1 rings (SSSR count). The number of allylic oxidation sites excluding steroid dienone is 4. The number of unbranched alkanes of at least 4 members (excludes halogenated alkanes) is 13. The standard InChI is InChI=1S/C39H68O6/c1-4-5-6-7-18-23-28-36-37(45-36)29-24-19-14-12-16-20-25-30-38(41)43-33-35(32-40)44-39(42)31-26-21-15-11-9-8-10-13-17-22-27-34(2)3/h12,16,18-19,23-24,34-37,40H,4-11,13-15,17,20-22,25-33H2,1-3H3/b16-12-,23-18-,24-19-/t35-,36?,37?/m0/s1. The van der Waals surface area contributed by atoms with Crippen LogP contribution in [0.4, 0.5) is 0 Å². The number of rotatable bonds is 31. The molecule has 1 saturated heterocycles. The lowest BCUT2D eigenvalue weighted by Crippen LogP contribution is -2.28. The Kier molecular flexibility index (Phi) is 26.9. The van der Waals surface area contributed by atoms with Crippen LogP contribution in [0.2, 0.25) is 0 Å². The van der Waals surface area contributed by atoms with Crippen LogP contribution in [0.25, 0.3) is 0 Å². The summed E-state index contributed by atoms with van der Waals surface area (Å²) in [5.74, 6) is 0.157. The molecule has 1 aliphatic heterocycles. The van der Waals surface area contributed by atoms with Gasteiger partial charge in [-0.25, -0.2) is 0 Å². The zero-order chi connectivity index (χ0) is 32.8. The average molecular weight is 633 g/mol. The number of aliphatic hydroxyl groups excluding tert-OH is 1. The van der Waals surface area contributed by atoms with Gasteiger partial charge in [-0.15, -0.1) is 0 Å². The Balaban J connectivity index is 1.94. The van der Waals surface area contributed by atoms with Crippen molar-refractivity contribution in [1.82, 2.24) is 0 Å². The smallest absolute Gasteiger partial charge is 0.306 e. The van der Waals surface area contributed by atoms with Crippen LogP contribution in [0.3, 0.4) is 0 Å². The molecule has 0 spiro atoms. The van der Waals surface area contributed by atoms with Gasteiger partial charge in [0.05, 0.1) is 18.8 Å². The molecule has 1 aliphatic rings. The fourth-order valence-electron chi connectivity index (χ4n) is 5.30. The highest BCUT2D eigenvalue weighted by Crippen LogP contribution is 2.29. The van der Waals surface area contributed by atoms with Gasteiger partial charge in [0.15, 0.2) is 6.10 Å². The molecule has 3 atom stereocenters. The van der Waals surface area contributed by atoms with E-state index in [2.05, 4.69) is 57.2 Å². The van der Waals surface area contributed by atoms with Crippen LogP contribution in [-0.2, 0) is 23.8 Å². The second-order valence-corrected chi connectivity index (χ2v) is 13.2. The monoisotopic (exact) mass is 633 g/mol. The molecule has 0 bridgehead atoms. The van der Waals surface area contributed by atoms with Crippen molar-refractivity contribution >= 4 is 11.9 Å². The highest BCUT2D eigenvalue weighted by Gasteiger charge is 2.35. The van der Waals surface area contributed by atoms with E-state index in [4.69, 9.17) is 14.2 Å². The fraction of sp³-hybridized carbons (Fsp3) is 0.795. The van der Waals surface area contributed by atoms with E-state index in [1.165, 1.54) is 77.0 Å². The summed E-state index contributed by atoms with van der Waals surface area (Å²) in [6.45, 7) is 6.37. The highest BCUT2D eigenvalue weighted by molar-refractivity contribution is 5.70. The lowest BCUT2D eigenvalue weighted by Gasteiger charge is -2.15. The van der Waals surface area contributed by atoms with Crippen molar-refractivity contribution in [3.8, 4) is 0 Å². The normalized spacial score (nSPS) is 17.2. The topological polar surface area (TPSA) is 85.4 Å². The van der Waals surface area contributed by atoms with Crippen LogP contribution in [0.15, 0.2) is 36.5 Å². The zero-order valence-corrected chi connectivity index (χ0v) is 29.2. The molecule has 0 saturated carbocycles. The molecule has 0 aromatic carbocycles. The van der Waals surface area contributed by atoms with Crippen LogP contribution < -0.4 is 0 Å². The Morgan fingerprint density at radius 3 is 1.89 bits per heavy atom. The van der Waals surface area contributed by atoms with Gasteiger partial charge >= 0.3 is 11.9 Å². The van der Waals surface area contributed by atoms with Gasteiger partial charge in [-0.2, -0.15) is 0 Å². The van der Waals surface area contributed by atoms with Crippen molar-refractivity contribution in [2.45, 2.75) is 180 Å². The van der Waals surface area contributed by atoms with Gasteiger partial charge in [0.2, 0.25) is 0 Å². The number of carbonyl (C=O) groups is 2. The number of aliphatic hydroxyl groups is 1. The van der Waals surface area contributed by atoms with Gasteiger partial charge in [0.25, 0.3) is 0 Å². The van der Waals surface area contributed by atoms with Gasteiger partial charge in [-0.3, -0.25) is 9.59 Å². The summed E-state index contributed by atoms with van der Waals surface area (Å²) in [7, 11) is 0. The summed E-state index contributed by atoms with van der Waals surface area (Å²) >= 11 is 0. The van der Waals surface area contributed by atoms with Crippen LogP contribution in [0.5, 0.6) is 0 Å². The van der Waals surface area contributed by atoms with E-state index < -0.39 is 6.10 Å². The maximum Gasteiger partial charge on any atom is 0.306 e. The predicted molar refractivity (Wildman–Crippen MR) is 186 cm³/mol. The number of hydrogen-bond acceptors (Lipinski definition) is 6. The third-order valence-electron chi connectivity index (χ3n) is 8.27. The molecule has 0 radical (unpaired) electrons. The molecule has 260 valence electrons. The lowest BCUT2D eigenvalue weighted by molar-refractivity contribution is -0.161. The third kappa shape index (κ3) is 27.0. The summed E-state index contributed by atoms with van der Waals surface area (Å²) in [6.07, 6.45) is 36.7. The van der Waals surface area contributed by atoms with E-state index in [9.17, 15) is 14.7 Å². The maximum atomic E-state index is 12.1. The Labute approximate surface area is 276 Å². The minimum Gasteiger partial charge on any atom is -0.462 e. The average Bonchev–Trinajstić information content (AvgIpc) is 3.78. The molecule has 6 heteroatoms. The highest BCUT2D eigenvalue weighted by atomic mass is 16.6. The van der Waals surface area contributed by atoms with Crippen molar-refractivity contribution < 1.29 is 28.9 Å². The third-order valence-corrected chi connectivity index (χ3v) is 8.27. The molecular weight excluding hydrogens is 564 g/mol. The van der Waals surface area contributed by atoms with E-state index in [-0.39, 0.29) is 25.2 Å². The largest absolute Gasteiger partial charge is 0.462 e. The second kappa shape index (κ2) is 29.5. The minimum absolute atomic E-state index is 0.0972. The lowest BCUT2D eigenvalue weighted by atomic mass is 10.0. The van der Waals surface area contributed by atoms with Crippen LogP contribution >= 0.6 is 0 Å². The molecule has 0 aliphatic carbocycles. The van der Waals surface area contributed by atoms with E-state index in [1.807, 2.05) is 0 Å². The van der Waals surface area contributed by atoms with Crippen LogP contribution in [-0.4, -0.2) is 48.6 Å². The van der Waals surface area contributed by atoms with Crippen molar-refractivity contribution in [3.05, 3.63) is 36.5 Å². The summed E-state index contributed by atoms with van der Waals surface area (Å²) in [5, 5.41) is 9.53. The first-order valence-electron chi connectivity index (χ1n) is 18.5. The molecule has 2 unspecified atom stereocenters.